The number of nitrogens with zero attached hydrogens (tertiary/aromatic N) is 3. The summed E-state index contributed by atoms with van der Waals surface area (Å²) < 4.78 is 5.59. The van der Waals surface area contributed by atoms with Crippen molar-refractivity contribution in [3.63, 3.8) is 0 Å². The third-order valence-electron chi connectivity index (χ3n) is 6.62. The molecule has 148 valence electrons. The molecule has 0 radical (unpaired) electrons. The summed E-state index contributed by atoms with van der Waals surface area (Å²) in [6, 6.07) is 10.7. The Hall–Kier alpha value is -1.33. The van der Waals surface area contributed by atoms with Crippen molar-refractivity contribution in [3.8, 4) is 0 Å². The summed E-state index contributed by atoms with van der Waals surface area (Å²) in [6.45, 7) is 5.92. The van der Waals surface area contributed by atoms with Gasteiger partial charge in [-0.1, -0.05) is 29.3 Å². The van der Waals surface area contributed by atoms with E-state index in [1.165, 1.54) is 24.1 Å². The lowest BCUT2D eigenvalue weighted by Gasteiger charge is -2.62. The van der Waals surface area contributed by atoms with Crippen molar-refractivity contribution in [1.29, 1.82) is 0 Å². The van der Waals surface area contributed by atoms with Crippen molar-refractivity contribution in [2.24, 2.45) is 11.3 Å². The van der Waals surface area contributed by atoms with E-state index in [4.69, 9.17) is 27.9 Å². The fourth-order valence-electron chi connectivity index (χ4n) is 5.35. The van der Waals surface area contributed by atoms with Crippen LogP contribution in [0.4, 0.5) is 5.69 Å². The molecule has 2 aromatic rings. The predicted octanol–water partition coefficient (Wildman–Crippen LogP) is 4.68. The van der Waals surface area contributed by atoms with Crippen molar-refractivity contribution >= 4 is 28.9 Å². The van der Waals surface area contributed by atoms with Gasteiger partial charge in [0.15, 0.2) is 0 Å². The SMILES string of the molecule is Clc1ccc(N2CC3(CC(C(c4cccnc4)N4CCOCC4)C3)C2)cc1Cl. The highest BCUT2D eigenvalue weighted by molar-refractivity contribution is 6.42. The number of rotatable bonds is 4. The molecule has 5 rings (SSSR count). The number of halogens is 2. The second-order valence-corrected chi connectivity index (χ2v) is 9.32. The van der Waals surface area contributed by atoms with Gasteiger partial charge in [-0.2, -0.15) is 0 Å². The van der Waals surface area contributed by atoms with Crippen LogP contribution in [-0.2, 0) is 4.74 Å². The third-order valence-corrected chi connectivity index (χ3v) is 7.36. The molecule has 1 spiro atoms. The van der Waals surface area contributed by atoms with E-state index in [2.05, 4.69) is 33.0 Å². The first-order valence-electron chi connectivity index (χ1n) is 10.1. The van der Waals surface area contributed by atoms with Gasteiger partial charge < -0.3 is 9.64 Å². The molecule has 28 heavy (non-hydrogen) atoms. The summed E-state index contributed by atoms with van der Waals surface area (Å²) in [5.74, 6) is 0.693. The summed E-state index contributed by atoms with van der Waals surface area (Å²) in [7, 11) is 0. The topological polar surface area (TPSA) is 28.6 Å². The highest BCUT2D eigenvalue weighted by atomic mass is 35.5. The van der Waals surface area contributed by atoms with Crippen molar-refractivity contribution in [3.05, 3.63) is 58.3 Å². The lowest BCUT2D eigenvalue weighted by molar-refractivity contribution is -0.0593. The molecule has 0 bridgehead atoms. The molecule has 1 saturated carbocycles. The Balaban J connectivity index is 1.26. The maximum atomic E-state index is 6.20. The summed E-state index contributed by atoms with van der Waals surface area (Å²) >= 11 is 12.3. The minimum Gasteiger partial charge on any atom is -0.379 e. The van der Waals surface area contributed by atoms with Crippen LogP contribution in [0.2, 0.25) is 10.0 Å². The average Bonchev–Trinajstić information content (AvgIpc) is 2.66. The quantitative estimate of drug-likeness (QED) is 0.721. The van der Waals surface area contributed by atoms with Crippen molar-refractivity contribution in [2.75, 3.05) is 44.3 Å². The Labute approximate surface area is 176 Å². The first-order valence-corrected chi connectivity index (χ1v) is 10.8. The second kappa shape index (κ2) is 7.49. The van der Waals surface area contributed by atoms with Crippen LogP contribution in [0.15, 0.2) is 42.7 Å². The van der Waals surface area contributed by atoms with Crippen LogP contribution in [0.1, 0.15) is 24.4 Å². The van der Waals surface area contributed by atoms with Gasteiger partial charge in [0.1, 0.15) is 0 Å². The smallest absolute Gasteiger partial charge is 0.0612 e. The Kier molecular flexibility index (Phi) is 5.00. The van der Waals surface area contributed by atoms with Gasteiger partial charge in [0.25, 0.3) is 0 Å². The number of anilines is 1. The van der Waals surface area contributed by atoms with Gasteiger partial charge in [0.2, 0.25) is 0 Å². The van der Waals surface area contributed by atoms with Gasteiger partial charge in [-0.05, 0) is 48.6 Å². The first-order chi connectivity index (χ1) is 13.6. The zero-order valence-electron chi connectivity index (χ0n) is 15.9. The molecule has 1 atom stereocenters. The van der Waals surface area contributed by atoms with Crippen LogP contribution >= 0.6 is 23.2 Å². The lowest BCUT2D eigenvalue weighted by Crippen LogP contribution is -2.64. The molecule has 0 amide bonds. The molecule has 1 aromatic carbocycles. The molecule has 3 heterocycles. The molecule has 2 saturated heterocycles. The molecular formula is C22H25Cl2N3O. The van der Waals surface area contributed by atoms with Gasteiger partial charge in [0, 0.05) is 55.7 Å². The number of aromatic nitrogens is 1. The zero-order chi connectivity index (χ0) is 19.1. The number of ether oxygens (including phenoxy) is 1. The minimum absolute atomic E-state index is 0.460. The molecular weight excluding hydrogens is 393 g/mol. The zero-order valence-corrected chi connectivity index (χ0v) is 17.4. The van der Waals surface area contributed by atoms with Crippen LogP contribution in [0.3, 0.4) is 0 Å². The normalized spacial score (nSPS) is 23.3. The Bertz CT molecular complexity index is 827. The van der Waals surface area contributed by atoms with E-state index in [1.807, 2.05) is 24.5 Å². The van der Waals surface area contributed by atoms with Gasteiger partial charge in [-0.3, -0.25) is 9.88 Å². The summed E-state index contributed by atoms with van der Waals surface area (Å²) in [4.78, 5) is 9.42. The van der Waals surface area contributed by atoms with Crippen molar-refractivity contribution in [2.45, 2.75) is 18.9 Å². The molecule has 1 unspecified atom stereocenters. The fraction of sp³-hybridized carbons (Fsp3) is 0.500. The van der Waals surface area contributed by atoms with Crippen LogP contribution in [-0.4, -0.2) is 49.3 Å². The molecule has 1 aromatic heterocycles. The van der Waals surface area contributed by atoms with Crippen LogP contribution < -0.4 is 4.90 Å². The first kappa shape index (κ1) is 18.7. The van der Waals surface area contributed by atoms with Crippen LogP contribution in [0.25, 0.3) is 0 Å². The van der Waals surface area contributed by atoms with Gasteiger partial charge in [-0.25, -0.2) is 0 Å². The maximum Gasteiger partial charge on any atom is 0.0612 e. The molecule has 0 N–H and O–H groups in total. The largest absolute Gasteiger partial charge is 0.379 e. The van der Waals surface area contributed by atoms with E-state index in [1.54, 1.807) is 0 Å². The predicted molar refractivity (Wildman–Crippen MR) is 113 cm³/mol. The van der Waals surface area contributed by atoms with Gasteiger partial charge >= 0.3 is 0 Å². The highest BCUT2D eigenvalue weighted by Crippen LogP contribution is 2.57. The summed E-state index contributed by atoms with van der Waals surface area (Å²) in [5, 5.41) is 1.25. The van der Waals surface area contributed by atoms with E-state index in [0.717, 1.165) is 39.4 Å². The van der Waals surface area contributed by atoms with Gasteiger partial charge in [-0.15, -0.1) is 0 Å². The molecule has 2 aliphatic heterocycles. The Morgan fingerprint density at radius 1 is 1.07 bits per heavy atom. The van der Waals surface area contributed by atoms with E-state index in [0.29, 0.717) is 27.4 Å². The van der Waals surface area contributed by atoms with E-state index in [-0.39, 0.29) is 0 Å². The lowest BCUT2D eigenvalue weighted by atomic mass is 9.55. The molecule has 3 aliphatic rings. The standard InChI is InChI=1S/C22H25Cl2N3O/c23-19-4-3-18(10-20(19)24)27-14-22(15-27)11-17(12-22)21(16-2-1-5-25-13-16)26-6-8-28-9-7-26/h1-5,10,13,17,21H,6-9,11-12,14-15H2. The average molecular weight is 418 g/mol. The highest BCUT2D eigenvalue weighted by Gasteiger charge is 2.55. The van der Waals surface area contributed by atoms with E-state index >= 15 is 0 Å². The second-order valence-electron chi connectivity index (χ2n) is 8.50. The third kappa shape index (κ3) is 3.41. The Morgan fingerprint density at radius 2 is 1.86 bits per heavy atom. The van der Waals surface area contributed by atoms with E-state index in [9.17, 15) is 0 Å². The van der Waals surface area contributed by atoms with Crippen molar-refractivity contribution < 1.29 is 4.74 Å². The number of hydrogen-bond acceptors (Lipinski definition) is 4. The Morgan fingerprint density at radius 3 is 2.54 bits per heavy atom. The number of pyridine rings is 1. The minimum atomic E-state index is 0.460. The monoisotopic (exact) mass is 417 g/mol. The summed E-state index contributed by atoms with van der Waals surface area (Å²) in [5.41, 5.74) is 2.99. The molecule has 1 aliphatic carbocycles. The summed E-state index contributed by atoms with van der Waals surface area (Å²) in [6.07, 6.45) is 6.47. The van der Waals surface area contributed by atoms with E-state index < -0.39 is 0 Å². The van der Waals surface area contributed by atoms with Crippen LogP contribution in [0, 0.1) is 11.3 Å². The molecule has 4 nitrogen and oxygen atoms in total. The maximum absolute atomic E-state index is 6.20. The van der Waals surface area contributed by atoms with Crippen molar-refractivity contribution in [1.82, 2.24) is 9.88 Å². The number of morpholine rings is 1. The van der Waals surface area contributed by atoms with Gasteiger partial charge in [0.05, 0.1) is 23.3 Å². The van der Waals surface area contributed by atoms with Crippen LogP contribution in [0.5, 0.6) is 0 Å². The molecule has 3 fully saturated rings. The molecule has 6 heteroatoms. The number of benzene rings is 1. The number of hydrogen-bond donors (Lipinski definition) is 0. The fourth-order valence-corrected chi connectivity index (χ4v) is 5.64.